The first-order valence-electron chi connectivity index (χ1n) is 5.86. The Hall–Kier alpha value is -1.81. The van der Waals surface area contributed by atoms with E-state index in [0.717, 1.165) is 6.07 Å². The van der Waals surface area contributed by atoms with E-state index in [2.05, 4.69) is 0 Å². The normalized spacial score (nSPS) is 10.6. The van der Waals surface area contributed by atoms with Crippen LogP contribution in [0.3, 0.4) is 0 Å². The van der Waals surface area contributed by atoms with Gasteiger partial charge in [0.15, 0.2) is 11.6 Å². The van der Waals surface area contributed by atoms with Crippen LogP contribution >= 0.6 is 11.6 Å². The van der Waals surface area contributed by atoms with Crippen LogP contribution in [0.4, 0.5) is 13.2 Å². The highest BCUT2D eigenvalue weighted by molar-refractivity contribution is 6.30. The number of carbonyl (C=O) groups is 1. The predicted octanol–water partition coefficient (Wildman–Crippen LogP) is 4.11. The molecule has 2 rings (SSSR count). The maximum atomic E-state index is 13.6. The molecule has 0 aliphatic rings. The Morgan fingerprint density at radius 2 is 1.45 bits per heavy atom. The van der Waals surface area contributed by atoms with Gasteiger partial charge in [-0.05, 0) is 23.3 Å². The lowest BCUT2D eigenvalue weighted by Gasteiger charge is -2.05. The van der Waals surface area contributed by atoms with E-state index in [1.165, 1.54) is 30.3 Å². The molecule has 104 valence electrons. The Bertz CT molecular complexity index is 600. The van der Waals surface area contributed by atoms with E-state index < -0.39 is 23.2 Å². The molecular weight excluding hydrogens is 289 g/mol. The molecule has 0 aromatic heterocycles. The second-order valence-electron chi connectivity index (χ2n) is 4.32. The topological polar surface area (TPSA) is 17.1 Å². The van der Waals surface area contributed by atoms with Crippen LogP contribution in [0.15, 0.2) is 36.4 Å². The molecule has 0 radical (unpaired) electrons. The van der Waals surface area contributed by atoms with Gasteiger partial charge in [0.25, 0.3) is 0 Å². The van der Waals surface area contributed by atoms with Crippen molar-refractivity contribution in [1.29, 1.82) is 0 Å². The number of ketones is 1. The zero-order valence-corrected chi connectivity index (χ0v) is 11.1. The van der Waals surface area contributed by atoms with E-state index in [1.807, 2.05) is 0 Å². The Morgan fingerprint density at radius 1 is 0.900 bits per heavy atom. The van der Waals surface area contributed by atoms with Crippen molar-refractivity contribution in [2.24, 2.45) is 0 Å². The third-order valence-corrected chi connectivity index (χ3v) is 3.13. The summed E-state index contributed by atoms with van der Waals surface area (Å²) in [6.45, 7) is 0. The lowest BCUT2D eigenvalue weighted by molar-refractivity contribution is -0.117. The molecule has 0 heterocycles. The number of carbonyl (C=O) groups excluding carboxylic acids is 1. The molecule has 0 saturated heterocycles. The highest BCUT2D eigenvalue weighted by Crippen LogP contribution is 2.19. The van der Waals surface area contributed by atoms with Crippen LogP contribution in [0.25, 0.3) is 0 Å². The van der Waals surface area contributed by atoms with Gasteiger partial charge in [0.1, 0.15) is 11.6 Å². The van der Waals surface area contributed by atoms with Crippen molar-refractivity contribution in [3.8, 4) is 0 Å². The first-order chi connectivity index (χ1) is 9.49. The molecule has 0 N–H and O–H groups in total. The van der Waals surface area contributed by atoms with Crippen LogP contribution in [0.5, 0.6) is 0 Å². The summed E-state index contributed by atoms with van der Waals surface area (Å²) in [5, 5.41) is -0.0766. The molecule has 0 amide bonds. The average molecular weight is 299 g/mol. The Balaban J connectivity index is 2.13. The lowest BCUT2D eigenvalue weighted by Crippen LogP contribution is -2.10. The molecule has 2 aromatic carbocycles. The number of Topliss-reactive ketones (excluding diaryl/α,β-unsaturated/α-hetero) is 1. The third-order valence-electron chi connectivity index (χ3n) is 2.84. The van der Waals surface area contributed by atoms with Crippen molar-refractivity contribution < 1.29 is 18.0 Å². The summed E-state index contributed by atoms with van der Waals surface area (Å²) in [4.78, 5) is 11.8. The highest BCUT2D eigenvalue weighted by Gasteiger charge is 2.14. The molecule has 0 fully saturated rings. The molecule has 0 bridgehead atoms. The smallest absolute Gasteiger partial charge is 0.162 e. The van der Waals surface area contributed by atoms with Crippen molar-refractivity contribution in [2.45, 2.75) is 12.8 Å². The molecule has 0 spiro atoms. The van der Waals surface area contributed by atoms with Crippen molar-refractivity contribution in [3.05, 3.63) is 70.0 Å². The Kier molecular flexibility index (Phi) is 4.45. The van der Waals surface area contributed by atoms with Gasteiger partial charge in [-0.15, -0.1) is 0 Å². The summed E-state index contributed by atoms with van der Waals surface area (Å²) < 4.78 is 40.1. The minimum atomic E-state index is -1.05. The van der Waals surface area contributed by atoms with Gasteiger partial charge in [-0.3, -0.25) is 4.79 Å². The summed E-state index contributed by atoms with van der Waals surface area (Å²) >= 11 is 5.61. The fourth-order valence-corrected chi connectivity index (χ4v) is 2.05. The number of hydrogen-bond donors (Lipinski definition) is 0. The van der Waals surface area contributed by atoms with E-state index in [-0.39, 0.29) is 29.0 Å². The predicted molar refractivity (Wildman–Crippen MR) is 70.2 cm³/mol. The van der Waals surface area contributed by atoms with E-state index in [1.54, 1.807) is 0 Å². The fourth-order valence-electron chi connectivity index (χ4n) is 1.86. The number of rotatable bonds is 4. The maximum absolute atomic E-state index is 13.6. The van der Waals surface area contributed by atoms with Gasteiger partial charge in [0, 0.05) is 12.8 Å². The van der Waals surface area contributed by atoms with Gasteiger partial charge < -0.3 is 0 Å². The van der Waals surface area contributed by atoms with Crippen molar-refractivity contribution in [1.82, 2.24) is 0 Å². The lowest BCUT2D eigenvalue weighted by atomic mass is 10.0. The summed E-state index contributed by atoms with van der Waals surface area (Å²) in [5.41, 5.74) is 0.0942. The van der Waals surface area contributed by atoms with Crippen LogP contribution in [0.1, 0.15) is 11.1 Å². The van der Waals surface area contributed by atoms with Gasteiger partial charge in [0.2, 0.25) is 0 Å². The first-order valence-corrected chi connectivity index (χ1v) is 6.24. The van der Waals surface area contributed by atoms with Gasteiger partial charge in [-0.25, -0.2) is 13.2 Å². The number of hydrogen-bond acceptors (Lipinski definition) is 1. The zero-order valence-electron chi connectivity index (χ0n) is 10.3. The number of benzene rings is 2. The molecular formula is C15H10ClF3O. The van der Waals surface area contributed by atoms with Gasteiger partial charge >= 0.3 is 0 Å². The second kappa shape index (κ2) is 6.09. The summed E-state index contributed by atoms with van der Waals surface area (Å²) in [6.07, 6.45) is -0.516. The van der Waals surface area contributed by atoms with Crippen molar-refractivity contribution in [2.75, 3.05) is 0 Å². The molecule has 1 nitrogen and oxygen atoms in total. The molecule has 0 aliphatic carbocycles. The summed E-state index contributed by atoms with van der Waals surface area (Å²) in [6, 6.07) is 7.94. The van der Waals surface area contributed by atoms with Gasteiger partial charge in [-0.1, -0.05) is 35.9 Å². The van der Waals surface area contributed by atoms with E-state index in [0.29, 0.717) is 0 Å². The Labute approximate surface area is 119 Å². The van der Waals surface area contributed by atoms with Crippen molar-refractivity contribution >= 4 is 17.4 Å². The molecule has 0 unspecified atom stereocenters. The minimum absolute atomic E-state index is 0.0440. The summed E-state index contributed by atoms with van der Waals surface area (Å²) in [7, 11) is 0. The maximum Gasteiger partial charge on any atom is 0.162 e. The molecule has 0 atom stereocenters. The standard InChI is InChI=1S/C15H10ClF3O/c16-12-5-1-3-9(14(12)18)7-11(20)8-10-4-2-6-13(17)15(10)19/h1-6H,7-8H2. The molecule has 5 heteroatoms. The third kappa shape index (κ3) is 3.20. The van der Waals surface area contributed by atoms with Crippen LogP contribution in [0.2, 0.25) is 5.02 Å². The number of halogens is 4. The largest absolute Gasteiger partial charge is 0.299 e. The zero-order chi connectivity index (χ0) is 14.7. The second-order valence-corrected chi connectivity index (χ2v) is 4.73. The molecule has 0 aliphatic heterocycles. The fraction of sp³-hybridized carbons (Fsp3) is 0.133. The summed E-state index contributed by atoms with van der Waals surface area (Å²) in [5.74, 6) is -3.14. The van der Waals surface area contributed by atoms with E-state index >= 15 is 0 Å². The molecule has 0 saturated carbocycles. The minimum Gasteiger partial charge on any atom is -0.299 e. The molecule has 20 heavy (non-hydrogen) atoms. The van der Waals surface area contributed by atoms with Crippen LogP contribution in [0, 0.1) is 17.5 Å². The van der Waals surface area contributed by atoms with E-state index in [4.69, 9.17) is 11.6 Å². The van der Waals surface area contributed by atoms with E-state index in [9.17, 15) is 18.0 Å². The molecule has 2 aromatic rings. The van der Waals surface area contributed by atoms with Crippen LogP contribution in [-0.2, 0) is 17.6 Å². The van der Waals surface area contributed by atoms with Gasteiger partial charge in [-0.2, -0.15) is 0 Å². The highest BCUT2D eigenvalue weighted by atomic mass is 35.5. The van der Waals surface area contributed by atoms with Crippen molar-refractivity contribution in [3.63, 3.8) is 0 Å². The van der Waals surface area contributed by atoms with Crippen LogP contribution < -0.4 is 0 Å². The average Bonchev–Trinajstić information content (AvgIpc) is 2.40. The van der Waals surface area contributed by atoms with Gasteiger partial charge in [0.05, 0.1) is 5.02 Å². The monoisotopic (exact) mass is 298 g/mol. The Morgan fingerprint density at radius 3 is 2.10 bits per heavy atom. The quantitative estimate of drug-likeness (QED) is 0.830. The SMILES string of the molecule is O=C(Cc1cccc(F)c1F)Cc1cccc(Cl)c1F. The van der Waals surface area contributed by atoms with Crippen LogP contribution in [-0.4, -0.2) is 5.78 Å². The first kappa shape index (κ1) is 14.6.